The third-order valence-electron chi connectivity index (χ3n) is 8.66. The molecule has 2 aromatic carbocycles. The minimum Gasteiger partial charge on any atom is -0.508 e. The molecule has 3 aromatic rings. The lowest BCUT2D eigenvalue weighted by Gasteiger charge is -2.31. The van der Waals surface area contributed by atoms with E-state index in [1.807, 2.05) is 31.2 Å². The Morgan fingerprint density at radius 2 is 1.65 bits per heavy atom. The van der Waals surface area contributed by atoms with Crippen LogP contribution in [0.3, 0.4) is 0 Å². The van der Waals surface area contributed by atoms with Crippen molar-refractivity contribution < 1.29 is 33.8 Å². The van der Waals surface area contributed by atoms with Gasteiger partial charge in [-0.3, -0.25) is 24.0 Å². The highest BCUT2D eigenvalue weighted by molar-refractivity contribution is 9.10. The number of cyclic esters (lactones) is 1. The Kier molecular flexibility index (Phi) is 12.2. The summed E-state index contributed by atoms with van der Waals surface area (Å²) in [5.74, 6) is -2.72. The molecule has 6 atom stereocenters. The van der Waals surface area contributed by atoms with Crippen LogP contribution >= 0.6 is 15.9 Å². The first-order chi connectivity index (χ1) is 22.8. The minimum atomic E-state index is -1.06. The van der Waals surface area contributed by atoms with Crippen LogP contribution in [0.5, 0.6) is 5.75 Å². The van der Waals surface area contributed by atoms with Crippen LogP contribution in [0.2, 0.25) is 0 Å². The van der Waals surface area contributed by atoms with Crippen LogP contribution < -0.4 is 10.6 Å². The number of ether oxygens (including phenoxy) is 1. The van der Waals surface area contributed by atoms with Gasteiger partial charge < -0.3 is 30.4 Å². The average molecular weight is 724 g/mol. The summed E-state index contributed by atoms with van der Waals surface area (Å²) in [6, 6.07) is 10.8. The van der Waals surface area contributed by atoms with Gasteiger partial charge in [0.25, 0.3) is 0 Å². The Bertz CT molecular complexity index is 1680. The predicted molar refractivity (Wildman–Crippen MR) is 185 cm³/mol. The number of esters is 1. The number of aromatic nitrogens is 1. The molecule has 48 heavy (non-hydrogen) atoms. The van der Waals surface area contributed by atoms with E-state index in [-0.39, 0.29) is 30.9 Å². The number of para-hydroxylation sites is 1. The van der Waals surface area contributed by atoms with E-state index in [2.05, 4.69) is 31.5 Å². The molecule has 1 aliphatic rings. The van der Waals surface area contributed by atoms with Crippen molar-refractivity contribution in [2.24, 2.45) is 11.8 Å². The summed E-state index contributed by atoms with van der Waals surface area (Å²) in [7, 11) is 1.50. The van der Waals surface area contributed by atoms with Gasteiger partial charge in [0, 0.05) is 30.3 Å². The Morgan fingerprint density at radius 1 is 0.958 bits per heavy atom. The molecule has 0 radical (unpaired) electrons. The largest absolute Gasteiger partial charge is 0.508 e. The first-order valence-corrected chi connectivity index (χ1v) is 16.8. The number of carbonyl (C=O) groups excluding carboxylic acids is 5. The smallest absolute Gasteiger partial charge is 0.308 e. The lowest BCUT2D eigenvalue weighted by atomic mass is 9.95. The fraction of sp³-hybridized carbons (Fsp3) is 0.417. The van der Waals surface area contributed by atoms with Crippen molar-refractivity contribution in [1.82, 2.24) is 20.5 Å². The summed E-state index contributed by atoms with van der Waals surface area (Å²) < 4.78 is 6.39. The molecule has 1 aromatic heterocycles. The van der Waals surface area contributed by atoms with E-state index < -0.39 is 53.8 Å². The van der Waals surface area contributed by atoms with Crippen LogP contribution in [-0.4, -0.2) is 70.2 Å². The SMILES string of the molecule is CC1C=C(C=O)CC(C)C(=O)NC(C)C(=O)N(C)C(Cc2c(Br)[nH]c3ccccc23)C(=O)NC(c2ccc(O)cc2)CC(=O)OC(C)C1. The lowest BCUT2D eigenvalue weighted by molar-refractivity contribution is -0.150. The molecular formula is C36H43BrN4O7. The van der Waals surface area contributed by atoms with Gasteiger partial charge in [0.2, 0.25) is 17.7 Å². The monoisotopic (exact) mass is 722 g/mol. The molecule has 12 heteroatoms. The van der Waals surface area contributed by atoms with Gasteiger partial charge in [-0.05, 0) is 83.4 Å². The fourth-order valence-corrected chi connectivity index (χ4v) is 6.70. The van der Waals surface area contributed by atoms with Gasteiger partial charge in [0.15, 0.2) is 0 Å². The molecule has 2 heterocycles. The number of hydrogen-bond acceptors (Lipinski definition) is 7. The molecular weight excluding hydrogens is 680 g/mol. The van der Waals surface area contributed by atoms with E-state index in [1.165, 1.54) is 24.1 Å². The average Bonchev–Trinajstić information content (AvgIpc) is 3.35. The van der Waals surface area contributed by atoms with E-state index in [0.29, 0.717) is 22.2 Å². The van der Waals surface area contributed by atoms with Crippen molar-refractivity contribution in [3.8, 4) is 5.75 Å². The molecule has 0 saturated heterocycles. The van der Waals surface area contributed by atoms with Crippen molar-refractivity contribution in [1.29, 1.82) is 0 Å². The summed E-state index contributed by atoms with van der Waals surface area (Å²) in [5.41, 5.74) is 2.60. The quantitative estimate of drug-likeness (QED) is 0.221. The summed E-state index contributed by atoms with van der Waals surface area (Å²) in [5, 5.41) is 16.5. The standard InChI is InChI=1S/C36H43BrN4O7/c1-20-14-22(3)48-32(44)18-30(25-10-12-26(43)13-11-25)40-35(46)31(17-28-27-8-6-7-9-29(27)39-33(28)37)41(5)36(47)23(4)38-34(45)21(2)16-24(15-20)19-42/h6-13,15,19-23,30-31,39,43H,14,16-18H2,1-5H3,(H,38,45)(H,40,46). The number of halogens is 1. The Hall–Kier alpha value is -4.45. The number of likely N-dealkylation sites (N-methyl/N-ethyl adjacent to an activating group) is 1. The zero-order chi connectivity index (χ0) is 35.1. The van der Waals surface area contributed by atoms with Crippen LogP contribution in [0.15, 0.2) is 64.8 Å². The van der Waals surface area contributed by atoms with E-state index in [0.717, 1.165) is 22.8 Å². The van der Waals surface area contributed by atoms with Gasteiger partial charge in [-0.2, -0.15) is 0 Å². The Labute approximate surface area is 288 Å². The van der Waals surface area contributed by atoms with Crippen molar-refractivity contribution in [2.75, 3.05) is 7.05 Å². The number of carbonyl (C=O) groups is 5. The molecule has 0 spiro atoms. The molecule has 3 amide bonds. The Balaban J connectivity index is 1.75. The zero-order valence-corrected chi connectivity index (χ0v) is 29.4. The number of amides is 3. The van der Waals surface area contributed by atoms with E-state index in [9.17, 15) is 29.1 Å². The number of aldehydes is 1. The van der Waals surface area contributed by atoms with Gasteiger partial charge in [-0.1, -0.05) is 50.3 Å². The zero-order valence-electron chi connectivity index (χ0n) is 27.8. The van der Waals surface area contributed by atoms with Crippen LogP contribution in [0.1, 0.15) is 64.1 Å². The number of allylic oxidation sites excluding steroid dienone is 2. The van der Waals surface area contributed by atoms with Gasteiger partial charge in [-0.25, -0.2) is 0 Å². The summed E-state index contributed by atoms with van der Waals surface area (Å²) >= 11 is 3.58. The van der Waals surface area contributed by atoms with Gasteiger partial charge >= 0.3 is 5.97 Å². The molecule has 1 aliphatic heterocycles. The third kappa shape index (κ3) is 9.12. The number of benzene rings is 2. The molecule has 0 bridgehead atoms. The first-order valence-electron chi connectivity index (χ1n) is 16.0. The number of nitrogens with zero attached hydrogens (tertiary/aromatic N) is 1. The minimum absolute atomic E-state index is 0.0202. The summed E-state index contributed by atoms with van der Waals surface area (Å²) in [6.07, 6.45) is 2.46. The van der Waals surface area contributed by atoms with Crippen LogP contribution in [0.25, 0.3) is 10.9 Å². The Morgan fingerprint density at radius 3 is 2.33 bits per heavy atom. The number of H-pyrrole nitrogens is 1. The molecule has 6 unspecified atom stereocenters. The van der Waals surface area contributed by atoms with Crippen LogP contribution in [-0.2, 0) is 35.1 Å². The second-order valence-corrected chi connectivity index (χ2v) is 13.5. The van der Waals surface area contributed by atoms with Crippen LogP contribution in [0.4, 0.5) is 0 Å². The number of rotatable bonds is 4. The maximum Gasteiger partial charge on any atom is 0.308 e. The van der Waals surface area contributed by atoms with Gasteiger partial charge in [0.1, 0.15) is 24.1 Å². The van der Waals surface area contributed by atoms with Crippen molar-refractivity contribution in [3.05, 3.63) is 75.9 Å². The number of phenols is 1. The van der Waals surface area contributed by atoms with E-state index in [4.69, 9.17) is 4.74 Å². The molecule has 0 aliphatic carbocycles. The fourth-order valence-electron chi connectivity index (χ4n) is 6.11. The highest BCUT2D eigenvalue weighted by Gasteiger charge is 2.34. The third-order valence-corrected chi connectivity index (χ3v) is 9.34. The molecule has 0 saturated carbocycles. The van der Waals surface area contributed by atoms with Crippen molar-refractivity contribution in [3.63, 3.8) is 0 Å². The second kappa shape index (κ2) is 16.1. The first kappa shape index (κ1) is 36.4. The highest BCUT2D eigenvalue weighted by atomic mass is 79.9. The molecule has 256 valence electrons. The molecule has 11 nitrogen and oxygen atoms in total. The molecule has 4 N–H and O–H groups in total. The number of fused-ring (bicyclic) bond motifs is 1. The van der Waals surface area contributed by atoms with Crippen LogP contribution in [0, 0.1) is 11.8 Å². The van der Waals surface area contributed by atoms with Gasteiger partial charge in [-0.15, -0.1) is 0 Å². The molecule has 4 rings (SSSR count). The maximum atomic E-state index is 14.3. The normalized spacial score (nSPS) is 25.6. The topological polar surface area (TPSA) is 158 Å². The number of nitrogens with one attached hydrogen (secondary N) is 3. The van der Waals surface area contributed by atoms with Crippen molar-refractivity contribution >= 4 is 56.8 Å². The van der Waals surface area contributed by atoms with E-state index in [1.54, 1.807) is 39.0 Å². The number of hydrogen-bond donors (Lipinski definition) is 4. The summed E-state index contributed by atoms with van der Waals surface area (Å²) in [6.45, 7) is 6.88. The molecule has 0 fully saturated rings. The van der Waals surface area contributed by atoms with E-state index >= 15 is 0 Å². The number of phenolic OH excluding ortho intramolecular Hbond substituents is 1. The predicted octanol–water partition coefficient (Wildman–Crippen LogP) is 4.88. The second-order valence-electron chi connectivity index (χ2n) is 12.7. The van der Waals surface area contributed by atoms with Gasteiger partial charge in [0.05, 0.1) is 23.2 Å². The summed E-state index contributed by atoms with van der Waals surface area (Å²) in [4.78, 5) is 71.0. The number of aromatic hydroxyl groups is 1. The highest BCUT2D eigenvalue weighted by Crippen LogP contribution is 2.29. The number of aromatic amines is 1. The lowest BCUT2D eigenvalue weighted by Crippen LogP contribution is -2.55. The maximum absolute atomic E-state index is 14.3. The van der Waals surface area contributed by atoms with Crippen molar-refractivity contribution in [2.45, 2.75) is 77.6 Å².